The average molecular weight is 432 g/mol. The highest BCUT2D eigenvalue weighted by molar-refractivity contribution is 5.82. The third-order valence-corrected chi connectivity index (χ3v) is 4.84. The molecular formula is C23H23F3N2O3. The summed E-state index contributed by atoms with van der Waals surface area (Å²) in [4.78, 5) is 11.8. The maximum atomic E-state index is 13.0. The number of methoxy groups -OCH3 is 1. The molecule has 0 aliphatic rings. The Labute approximate surface area is 178 Å². The lowest BCUT2D eigenvalue weighted by Gasteiger charge is -2.29. The van der Waals surface area contributed by atoms with Crippen molar-refractivity contribution in [3.8, 4) is 5.75 Å². The van der Waals surface area contributed by atoms with E-state index >= 15 is 0 Å². The first-order valence-corrected chi connectivity index (χ1v) is 9.68. The zero-order valence-electron chi connectivity index (χ0n) is 16.9. The van der Waals surface area contributed by atoms with Gasteiger partial charge in [0.1, 0.15) is 11.5 Å². The highest BCUT2D eigenvalue weighted by Crippen LogP contribution is 2.25. The zero-order chi connectivity index (χ0) is 22.3. The number of carbonyl (C=O) groups excluding carboxylic acids is 1. The van der Waals surface area contributed by atoms with Crippen molar-refractivity contribution in [3.63, 3.8) is 0 Å². The summed E-state index contributed by atoms with van der Waals surface area (Å²) in [5, 5.41) is 5.43. The van der Waals surface area contributed by atoms with Gasteiger partial charge in [0.25, 0.3) is 0 Å². The lowest BCUT2D eigenvalue weighted by Crippen LogP contribution is -2.49. The van der Waals surface area contributed by atoms with Gasteiger partial charge in [-0.15, -0.1) is 0 Å². The van der Waals surface area contributed by atoms with Crippen molar-refractivity contribution in [2.45, 2.75) is 31.2 Å². The fourth-order valence-electron chi connectivity index (χ4n) is 3.37. The fraction of sp³-hybridized carbons (Fsp3) is 0.261. The predicted octanol–water partition coefficient (Wildman–Crippen LogP) is 4.41. The molecule has 0 unspecified atom stereocenters. The van der Waals surface area contributed by atoms with Crippen molar-refractivity contribution in [1.29, 1.82) is 0 Å². The van der Waals surface area contributed by atoms with Gasteiger partial charge in [-0.1, -0.05) is 48.5 Å². The quantitative estimate of drug-likeness (QED) is 0.526. The van der Waals surface area contributed by atoms with Crippen molar-refractivity contribution in [1.82, 2.24) is 10.6 Å². The Balaban J connectivity index is 1.91. The molecule has 2 N–H and O–H groups in total. The monoisotopic (exact) mass is 432 g/mol. The van der Waals surface area contributed by atoms with E-state index in [2.05, 4.69) is 10.6 Å². The molecule has 0 bridgehead atoms. The van der Waals surface area contributed by atoms with Crippen molar-refractivity contribution in [3.05, 3.63) is 89.9 Å². The molecule has 0 aliphatic heterocycles. The minimum atomic E-state index is -4.99. The molecule has 0 saturated heterocycles. The summed E-state index contributed by atoms with van der Waals surface area (Å²) in [5.74, 6) is -0.875. The van der Waals surface area contributed by atoms with E-state index in [1.807, 2.05) is 24.3 Å². The number of alkyl halides is 3. The van der Waals surface area contributed by atoms with Gasteiger partial charge in [-0.3, -0.25) is 4.79 Å². The van der Waals surface area contributed by atoms with E-state index < -0.39 is 24.2 Å². The van der Waals surface area contributed by atoms with Crippen molar-refractivity contribution < 1.29 is 27.1 Å². The van der Waals surface area contributed by atoms with Crippen LogP contribution in [0.1, 0.15) is 22.9 Å². The highest BCUT2D eigenvalue weighted by Gasteiger charge is 2.41. The molecule has 2 aromatic carbocycles. The SMILES string of the molecule is COc1ccccc1CN[C@@H](c1ccccc1)[C@@H](Cc1ccco1)NC(=O)C(F)(F)F. The number of nitrogens with one attached hydrogen (secondary N) is 2. The van der Waals surface area contributed by atoms with Crippen molar-refractivity contribution >= 4 is 5.91 Å². The Morgan fingerprint density at radius 2 is 1.74 bits per heavy atom. The standard InChI is InChI=1S/C23H23F3N2O3/c1-30-20-12-6-5-10-17(20)15-27-21(16-8-3-2-4-9-16)19(14-18-11-7-13-31-18)28-22(29)23(24,25)26/h2-13,19,21,27H,14-15H2,1H3,(H,28,29)/t19-,21+/m1/s1. The minimum Gasteiger partial charge on any atom is -0.496 e. The van der Waals surface area contributed by atoms with Gasteiger partial charge in [-0.2, -0.15) is 13.2 Å². The van der Waals surface area contributed by atoms with Crippen molar-refractivity contribution in [2.75, 3.05) is 7.11 Å². The van der Waals surface area contributed by atoms with Crippen LogP contribution in [0.4, 0.5) is 13.2 Å². The van der Waals surface area contributed by atoms with Gasteiger partial charge < -0.3 is 19.8 Å². The summed E-state index contributed by atoms with van der Waals surface area (Å²) in [6.07, 6.45) is -3.48. The number of amides is 1. The lowest BCUT2D eigenvalue weighted by atomic mass is 9.95. The molecule has 31 heavy (non-hydrogen) atoms. The molecular weight excluding hydrogens is 409 g/mol. The lowest BCUT2D eigenvalue weighted by molar-refractivity contribution is -0.174. The number of benzene rings is 2. The van der Waals surface area contributed by atoms with E-state index in [1.165, 1.54) is 6.26 Å². The molecule has 8 heteroatoms. The molecule has 1 amide bonds. The van der Waals surface area contributed by atoms with Gasteiger partial charge in [-0.25, -0.2) is 0 Å². The van der Waals surface area contributed by atoms with Crippen LogP contribution in [0.15, 0.2) is 77.4 Å². The van der Waals surface area contributed by atoms with Crippen LogP contribution >= 0.6 is 0 Å². The maximum Gasteiger partial charge on any atom is 0.471 e. The van der Waals surface area contributed by atoms with Crippen LogP contribution in [-0.2, 0) is 17.8 Å². The first kappa shape index (κ1) is 22.4. The Kier molecular flexibility index (Phi) is 7.36. The Hall–Kier alpha value is -3.26. The molecule has 164 valence electrons. The molecule has 0 aliphatic carbocycles. The molecule has 3 rings (SSSR count). The first-order chi connectivity index (χ1) is 14.9. The Morgan fingerprint density at radius 3 is 2.39 bits per heavy atom. The molecule has 0 fully saturated rings. The van der Waals surface area contributed by atoms with Gasteiger partial charge in [-0.05, 0) is 23.8 Å². The van der Waals surface area contributed by atoms with Crippen LogP contribution in [-0.4, -0.2) is 25.2 Å². The van der Waals surface area contributed by atoms with Crippen LogP contribution in [0.2, 0.25) is 0 Å². The smallest absolute Gasteiger partial charge is 0.471 e. The Morgan fingerprint density at radius 1 is 1.03 bits per heavy atom. The van der Waals surface area contributed by atoms with Gasteiger partial charge >= 0.3 is 12.1 Å². The fourth-order valence-corrected chi connectivity index (χ4v) is 3.37. The second-order valence-corrected chi connectivity index (χ2v) is 6.94. The van der Waals surface area contributed by atoms with Crippen LogP contribution in [0.3, 0.4) is 0 Å². The molecule has 5 nitrogen and oxygen atoms in total. The van der Waals surface area contributed by atoms with Crippen molar-refractivity contribution in [2.24, 2.45) is 0 Å². The van der Waals surface area contributed by atoms with E-state index in [0.29, 0.717) is 18.1 Å². The third-order valence-electron chi connectivity index (χ3n) is 4.84. The highest BCUT2D eigenvalue weighted by atomic mass is 19.4. The van der Waals surface area contributed by atoms with Gasteiger partial charge in [0.05, 0.1) is 25.5 Å². The number of para-hydroxylation sites is 1. The summed E-state index contributed by atoms with van der Waals surface area (Å²) >= 11 is 0. The second kappa shape index (κ2) is 10.2. The molecule has 1 heterocycles. The number of rotatable bonds is 9. The summed E-state index contributed by atoms with van der Waals surface area (Å²) in [6, 6.07) is 18.1. The predicted molar refractivity (Wildman–Crippen MR) is 109 cm³/mol. The zero-order valence-corrected chi connectivity index (χ0v) is 16.9. The van der Waals surface area contributed by atoms with E-state index in [-0.39, 0.29) is 6.42 Å². The number of hydrogen-bond donors (Lipinski definition) is 2. The Bertz CT molecular complexity index is 960. The molecule has 3 aromatic rings. The number of ether oxygens (including phenoxy) is 1. The van der Waals surface area contributed by atoms with E-state index in [0.717, 1.165) is 11.1 Å². The average Bonchev–Trinajstić information content (AvgIpc) is 3.27. The topological polar surface area (TPSA) is 63.5 Å². The number of furan rings is 1. The van der Waals surface area contributed by atoms with Gasteiger partial charge in [0, 0.05) is 18.5 Å². The molecule has 1 aromatic heterocycles. The summed E-state index contributed by atoms with van der Waals surface area (Å²) in [6.45, 7) is 0.320. The normalized spacial score (nSPS) is 13.4. The number of carbonyl (C=O) groups is 1. The molecule has 0 spiro atoms. The van der Waals surface area contributed by atoms with Crippen LogP contribution in [0, 0.1) is 0 Å². The second-order valence-electron chi connectivity index (χ2n) is 6.94. The molecule has 0 saturated carbocycles. The van der Waals surface area contributed by atoms with Gasteiger partial charge in [0.2, 0.25) is 0 Å². The summed E-state index contributed by atoms with van der Waals surface area (Å²) in [5.41, 5.74) is 1.57. The third kappa shape index (κ3) is 6.11. The molecule has 0 radical (unpaired) electrons. The van der Waals surface area contributed by atoms with E-state index in [1.54, 1.807) is 49.6 Å². The van der Waals surface area contributed by atoms with Crippen LogP contribution in [0.5, 0.6) is 5.75 Å². The summed E-state index contributed by atoms with van der Waals surface area (Å²) in [7, 11) is 1.55. The first-order valence-electron chi connectivity index (χ1n) is 9.68. The number of hydrogen-bond acceptors (Lipinski definition) is 4. The largest absolute Gasteiger partial charge is 0.496 e. The van der Waals surface area contributed by atoms with E-state index in [4.69, 9.17) is 9.15 Å². The summed E-state index contributed by atoms with van der Waals surface area (Å²) < 4.78 is 49.8. The molecule has 2 atom stereocenters. The minimum absolute atomic E-state index is 0.0767. The van der Waals surface area contributed by atoms with Crippen LogP contribution in [0.25, 0.3) is 0 Å². The van der Waals surface area contributed by atoms with Crippen LogP contribution < -0.4 is 15.4 Å². The maximum absolute atomic E-state index is 13.0. The van der Waals surface area contributed by atoms with Gasteiger partial charge in [0.15, 0.2) is 0 Å². The number of halogens is 3. The van der Waals surface area contributed by atoms with E-state index in [9.17, 15) is 18.0 Å².